The average Bonchev–Trinajstić information content (AvgIpc) is 3.01. The number of nitrogens with zero attached hydrogens (tertiary/aromatic N) is 2. The van der Waals surface area contributed by atoms with Crippen molar-refractivity contribution in [2.45, 2.75) is 25.5 Å². The van der Waals surface area contributed by atoms with Crippen LogP contribution in [0.15, 0.2) is 36.0 Å². The van der Waals surface area contributed by atoms with Crippen LogP contribution < -0.4 is 0 Å². The molecular weight excluding hydrogens is 304 g/mol. The van der Waals surface area contributed by atoms with Crippen molar-refractivity contribution in [1.82, 2.24) is 9.88 Å². The van der Waals surface area contributed by atoms with Crippen LogP contribution in [0.2, 0.25) is 5.02 Å². The van der Waals surface area contributed by atoms with Crippen LogP contribution in [0.1, 0.15) is 29.4 Å². The molecule has 1 aromatic carbocycles. The van der Waals surface area contributed by atoms with Gasteiger partial charge >= 0.3 is 0 Å². The zero-order chi connectivity index (χ0) is 14.7. The van der Waals surface area contributed by atoms with E-state index in [2.05, 4.69) is 9.88 Å². The topological polar surface area (TPSA) is 36.4 Å². The van der Waals surface area contributed by atoms with Gasteiger partial charge in [0.1, 0.15) is 0 Å². The second-order valence-corrected chi connectivity index (χ2v) is 6.99. The first-order valence-electron chi connectivity index (χ1n) is 7.25. The number of aliphatic hydroxyl groups excluding tert-OH is 1. The number of hydrogen-bond acceptors (Lipinski definition) is 4. The highest BCUT2D eigenvalue weighted by atomic mass is 35.5. The Morgan fingerprint density at radius 3 is 2.62 bits per heavy atom. The van der Waals surface area contributed by atoms with E-state index < -0.39 is 0 Å². The molecule has 1 aliphatic rings. The van der Waals surface area contributed by atoms with Crippen molar-refractivity contribution in [2.75, 3.05) is 13.1 Å². The van der Waals surface area contributed by atoms with Crippen molar-refractivity contribution in [2.24, 2.45) is 5.92 Å². The maximum atomic E-state index is 10.5. The van der Waals surface area contributed by atoms with Gasteiger partial charge in [0.2, 0.25) is 0 Å². The first kappa shape index (κ1) is 15.0. The van der Waals surface area contributed by atoms with Gasteiger partial charge in [0.05, 0.1) is 11.6 Å². The second kappa shape index (κ2) is 6.88. The maximum Gasteiger partial charge on any atom is 0.0819 e. The minimum Gasteiger partial charge on any atom is -0.388 e. The van der Waals surface area contributed by atoms with Gasteiger partial charge in [-0.2, -0.15) is 0 Å². The Morgan fingerprint density at radius 2 is 2.00 bits per heavy atom. The molecule has 0 spiro atoms. The summed E-state index contributed by atoms with van der Waals surface area (Å²) in [6.07, 6.45) is 3.62. The molecule has 2 heterocycles. The molecule has 1 atom stereocenters. The molecule has 0 aliphatic carbocycles. The van der Waals surface area contributed by atoms with E-state index in [9.17, 15) is 5.11 Å². The highest BCUT2D eigenvalue weighted by Gasteiger charge is 2.26. The smallest absolute Gasteiger partial charge is 0.0819 e. The van der Waals surface area contributed by atoms with E-state index in [0.717, 1.165) is 38.0 Å². The van der Waals surface area contributed by atoms with Gasteiger partial charge in [0, 0.05) is 22.6 Å². The second-order valence-electron chi connectivity index (χ2n) is 5.58. The number of rotatable bonds is 4. The van der Waals surface area contributed by atoms with Crippen molar-refractivity contribution in [3.63, 3.8) is 0 Å². The lowest BCUT2D eigenvalue weighted by Gasteiger charge is -2.34. The van der Waals surface area contributed by atoms with Gasteiger partial charge in [-0.3, -0.25) is 9.88 Å². The number of likely N-dealkylation sites (tertiary alicyclic amines) is 1. The predicted molar refractivity (Wildman–Crippen MR) is 86.5 cm³/mol. The summed E-state index contributed by atoms with van der Waals surface area (Å²) in [6.45, 7) is 3.05. The van der Waals surface area contributed by atoms with Crippen LogP contribution in [0.5, 0.6) is 0 Å². The summed E-state index contributed by atoms with van der Waals surface area (Å²) < 4.78 is 0. The summed E-state index contributed by atoms with van der Waals surface area (Å²) in [6, 6.07) is 7.55. The molecule has 112 valence electrons. The maximum absolute atomic E-state index is 10.5. The highest BCUT2D eigenvalue weighted by Crippen LogP contribution is 2.31. The van der Waals surface area contributed by atoms with Crippen LogP contribution in [0.3, 0.4) is 0 Å². The molecule has 1 unspecified atom stereocenters. The molecule has 3 nitrogen and oxygen atoms in total. The summed E-state index contributed by atoms with van der Waals surface area (Å²) in [7, 11) is 0. The summed E-state index contributed by atoms with van der Waals surface area (Å²) >= 11 is 7.60. The van der Waals surface area contributed by atoms with Gasteiger partial charge in [0.15, 0.2) is 0 Å². The average molecular weight is 323 g/mol. The Balaban J connectivity index is 1.54. The molecular formula is C16H19ClN2OS. The number of halogens is 1. The van der Waals surface area contributed by atoms with Crippen LogP contribution in [0, 0.1) is 5.92 Å². The summed E-state index contributed by atoms with van der Waals surface area (Å²) in [5, 5.41) is 11.2. The fraction of sp³-hybridized carbons (Fsp3) is 0.438. The van der Waals surface area contributed by atoms with Crippen molar-refractivity contribution in [1.29, 1.82) is 0 Å². The van der Waals surface area contributed by atoms with Crippen LogP contribution in [-0.4, -0.2) is 28.1 Å². The van der Waals surface area contributed by atoms with Gasteiger partial charge in [-0.05, 0) is 49.5 Å². The third-order valence-corrected chi connectivity index (χ3v) is 5.17. The molecule has 0 saturated carbocycles. The van der Waals surface area contributed by atoms with Crippen LogP contribution in [-0.2, 0) is 6.54 Å². The summed E-state index contributed by atoms with van der Waals surface area (Å²) in [5.74, 6) is 0.337. The molecule has 0 radical (unpaired) electrons. The largest absolute Gasteiger partial charge is 0.388 e. The molecule has 1 aliphatic heterocycles. The van der Waals surface area contributed by atoms with Gasteiger partial charge in [-0.25, -0.2) is 0 Å². The molecule has 1 fully saturated rings. The highest BCUT2D eigenvalue weighted by molar-refractivity contribution is 7.09. The van der Waals surface area contributed by atoms with Crippen LogP contribution >= 0.6 is 22.9 Å². The minimum atomic E-state index is -0.382. The molecule has 2 aromatic rings. The van der Waals surface area contributed by atoms with E-state index >= 15 is 0 Å². The zero-order valence-corrected chi connectivity index (χ0v) is 13.4. The third-order valence-electron chi connectivity index (χ3n) is 4.15. The van der Waals surface area contributed by atoms with Gasteiger partial charge in [-0.1, -0.05) is 23.7 Å². The number of benzene rings is 1. The fourth-order valence-corrected chi connectivity index (χ4v) is 3.66. The Morgan fingerprint density at radius 1 is 1.29 bits per heavy atom. The summed E-state index contributed by atoms with van der Waals surface area (Å²) in [5.41, 5.74) is 2.85. The quantitative estimate of drug-likeness (QED) is 0.931. The molecule has 3 rings (SSSR count). The first-order valence-corrected chi connectivity index (χ1v) is 8.51. The van der Waals surface area contributed by atoms with E-state index in [-0.39, 0.29) is 6.10 Å². The van der Waals surface area contributed by atoms with E-state index in [0.29, 0.717) is 10.9 Å². The monoisotopic (exact) mass is 322 g/mol. The van der Waals surface area contributed by atoms with Gasteiger partial charge < -0.3 is 5.11 Å². The predicted octanol–water partition coefficient (Wildman–Crippen LogP) is 3.74. The minimum absolute atomic E-state index is 0.337. The van der Waals surface area contributed by atoms with Gasteiger partial charge in [0.25, 0.3) is 0 Å². The standard InChI is InChI=1S/C16H19ClN2OS/c17-14-3-1-12(2-4-14)16(20)13-5-7-19(8-6-13)10-15-9-18-11-21-15/h1-4,9,11,13,16,20H,5-8,10H2. The number of thiazole rings is 1. The normalized spacial score (nSPS) is 18.8. The van der Waals surface area contributed by atoms with E-state index in [1.807, 2.05) is 36.0 Å². The van der Waals surface area contributed by atoms with E-state index in [1.165, 1.54) is 4.88 Å². The fourth-order valence-electron chi connectivity index (χ4n) is 2.90. The number of aromatic nitrogens is 1. The molecule has 1 N–H and O–H groups in total. The molecule has 0 amide bonds. The molecule has 0 bridgehead atoms. The molecule has 21 heavy (non-hydrogen) atoms. The van der Waals surface area contributed by atoms with E-state index in [1.54, 1.807) is 11.3 Å². The zero-order valence-electron chi connectivity index (χ0n) is 11.8. The van der Waals surface area contributed by atoms with Crippen molar-refractivity contribution in [3.8, 4) is 0 Å². The number of aliphatic hydroxyl groups is 1. The number of hydrogen-bond donors (Lipinski definition) is 1. The van der Waals surface area contributed by atoms with Gasteiger partial charge in [-0.15, -0.1) is 11.3 Å². The lowest BCUT2D eigenvalue weighted by atomic mass is 9.87. The number of piperidine rings is 1. The summed E-state index contributed by atoms with van der Waals surface area (Å²) in [4.78, 5) is 7.87. The third kappa shape index (κ3) is 3.83. The van der Waals surface area contributed by atoms with Crippen molar-refractivity contribution < 1.29 is 5.11 Å². The van der Waals surface area contributed by atoms with Crippen LogP contribution in [0.25, 0.3) is 0 Å². The van der Waals surface area contributed by atoms with E-state index in [4.69, 9.17) is 11.6 Å². The Labute approximate surface area is 134 Å². The van der Waals surface area contributed by atoms with Crippen LogP contribution in [0.4, 0.5) is 0 Å². The Bertz CT molecular complexity index is 550. The first-order chi connectivity index (χ1) is 10.2. The lowest BCUT2D eigenvalue weighted by Crippen LogP contribution is -2.35. The Hall–Kier alpha value is -0.940. The van der Waals surface area contributed by atoms with Crippen molar-refractivity contribution in [3.05, 3.63) is 51.4 Å². The Kier molecular flexibility index (Phi) is 4.91. The lowest BCUT2D eigenvalue weighted by molar-refractivity contribution is 0.0570. The molecule has 5 heteroatoms. The molecule has 1 saturated heterocycles. The SMILES string of the molecule is OC(c1ccc(Cl)cc1)C1CCN(Cc2cncs2)CC1. The van der Waals surface area contributed by atoms with Crippen molar-refractivity contribution >= 4 is 22.9 Å². The molecule has 1 aromatic heterocycles.